The van der Waals surface area contributed by atoms with E-state index in [-0.39, 0.29) is 0 Å². The number of fused-ring (bicyclic) bond motifs is 1. The van der Waals surface area contributed by atoms with Gasteiger partial charge in [0.15, 0.2) is 5.69 Å². The quantitative estimate of drug-likeness (QED) is 0.689. The number of hydrogen-bond acceptors (Lipinski definition) is 3. The second-order valence-electron chi connectivity index (χ2n) is 2.51. The molecule has 0 radical (unpaired) electrons. The highest BCUT2D eigenvalue weighted by atomic mass is 15.1. The Hall–Kier alpha value is -1.89. The maximum Gasteiger partial charge on any atom is 0.151 e. The molecule has 0 saturated carbocycles. The van der Waals surface area contributed by atoms with Crippen LogP contribution in [0.1, 0.15) is 25.2 Å². The minimum absolute atomic E-state index is 0.429. The Bertz CT molecular complexity index is 464. The molecule has 0 aliphatic carbocycles. The van der Waals surface area contributed by atoms with Gasteiger partial charge < -0.3 is 0 Å². The number of H-pyrrole nitrogens is 1. The zero-order chi connectivity index (χ0) is 10.6. The number of nitriles is 1. The molecule has 0 spiro atoms. The standard InChI is InChI=1S/C8H6N4.C2H6/c1-5-8-6(12-11-5)2-3-10-7(8)4-9;1-2/h2-3H,1H3,(H,11,12);1-2H3. The van der Waals surface area contributed by atoms with E-state index in [1.54, 1.807) is 12.3 Å². The van der Waals surface area contributed by atoms with Crippen LogP contribution in [0.15, 0.2) is 12.3 Å². The molecule has 0 saturated heterocycles. The molecular formula is C10H12N4. The highest BCUT2D eigenvalue weighted by Gasteiger charge is 2.06. The molecular weight excluding hydrogens is 176 g/mol. The molecule has 1 N–H and O–H groups in total. The van der Waals surface area contributed by atoms with Crippen LogP contribution in [0, 0.1) is 18.3 Å². The first-order valence-electron chi connectivity index (χ1n) is 4.52. The van der Waals surface area contributed by atoms with Crippen LogP contribution in [0.3, 0.4) is 0 Å². The van der Waals surface area contributed by atoms with E-state index in [1.807, 2.05) is 26.8 Å². The third kappa shape index (κ3) is 1.57. The fourth-order valence-corrected chi connectivity index (χ4v) is 1.20. The molecule has 2 heterocycles. The van der Waals surface area contributed by atoms with Crippen molar-refractivity contribution in [2.24, 2.45) is 0 Å². The molecule has 4 nitrogen and oxygen atoms in total. The zero-order valence-corrected chi connectivity index (χ0v) is 8.50. The van der Waals surface area contributed by atoms with Crippen LogP contribution in [0.25, 0.3) is 10.9 Å². The van der Waals surface area contributed by atoms with Crippen LogP contribution in [-0.4, -0.2) is 15.2 Å². The van der Waals surface area contributed by atoms with E-state index in [0.717, 1.165) is 16.6 Å². The van der Waals surface area contributed by atoms with E-state index in [9.17, 15) is 0 Å². The lowest BCUT2D eigenvalue weighted by atomic mass is 10.2. The summed E-state index contributed by atoms with van der Waals surface area (Å²) < 4.78 is 0. The topological polar surface area (TPSA) is 65.4 Å². The molecule has 2 aromatic rings. The Kier molecular flexibility index (Phi) is 3.19. The molecule has 4 heteroatoms. The fraction of sp³-hybridized carbons (Fsp3) is 0.300. The Morgan fingerprint density at radius 1 is 1.43 bits per heavy atom. The average Bonchev–Trinajstić information content (AvgIpc) is 2.64. The molecule has 0 atom stereocenters. The largest absolute Gasteiger partial charge is 0.282 e. The molecule has 0 aromatic carbocycles. The van der Waals surface area contributed by atoms with Gasteiger partial charge in [-0.05, 0) is 13.0 Å². The molecule has 0 amide bonds. The molecule has 72 valence electrons. The molecule has 2 rings (SSSR count). The van der Waals surface area contributed by atoms with Crippen LogP contribution in [0.4, 0.5) is 0 Å². The molecule has 0 aliphatic heterocycles. The Balaban J connectivity index is 0.000000461. The molecule has 14 heavy (non-hydrogen) atoms. The summed E-state index contributed by atoms with van der Waals surface area (Å²) in [5, 5.41) is 16.4. The van der Waals surface area contributed by atoms with Gasteiger partial charge >= 0.3 is 0 Å². The van der Waals surface area contributed by atoms with Gasteiger partial charge in [0.05, 0.1) is 10.9 Å². The SMILES string of the molecule is CC.Cc1[nH]nc2ccnc(C#N)c12. The Morgan fingerprint density at radius 3 is 2.79 bits per heavy atom. The van der Waals surface area contributed by atoms with Crippen molar-refractivity contribution in [3.05, 3.63) is 23.7 Å². The summed E-state index contributed by atoms with van der Waals surface area (Å²) in [6, 6.07) is 3.80. The monoisotopic (exact) mass is 188 g/mol. The molecule has 0 fully saturated rings. The first-order valence-corrected chi connectivity index (χ1v) is 4.52. The predicted molar refractivity (Wildman–Crippen MR) is 54.7 cm³/mol. The molecule has 0 aliphatic rings. The van der Waals surface area contributed by atoms with Crippen LogP contribution in [0.2, 0.25) is 0 Å². The van der Waals surface area contributed by atoms with E-state index in [4.69, 9.17) is 5.26 Å². The van der Waals surface area contributed by atoms with Crippen molar-refractivity contribution in [1.29, 1.82) is 5.26 Å². The number of rotatable bonds is 0. The summed E-state index contributed by atoms with van der Waals surface area (Å²) in [5.41, 5.74) is 2.10. The lowest BCUT2D eigenvalue weighted by molar-refractivity contribution is 1.07. The molecule has 0 bridgehead atoms. The third-order valence-electron chi connectivity index (χ3n) is 1.75. The van der Waals surface area contributed by atoms with E-state index in [1.165, 1.54) is 0 Å². The number of pyridine rings is 1. The van der Waals surface area contributed by atoms with Crippen molar-refractivity contribution in [1.82, 2.24) is 15.2 Å². The van der Waals surface area contributed by atoms with Crippen LogP contribution in [0.5, 0.6) is 0 Å². The summed E-state index contributed by atoms with van der Waals surface area (Å²) >= 11 is 0. The molecule has 2 aromatic heterocycles. The average molecular weight is 188 g/mol. The van der Waals surface area contributed by atoms with Gasteiger partial charge in [0.25, 0.3) is 0 Å². The van der Waals surface area contributed by atoms with Crippen LogP contribution >= 0.6 is 0 Å². The predicted octanol–water partition coefficient (Wildman–Crippen LogP) is 2.16. The van der Waals surface area contributed by atoms with Gasteiger partial charge in [-0.25, -0.2) is 4.98 Å². The number of hydrogen-bond donors (Lipinski definition) is 1. The second kappa shape index (κ2) is 4.38. The lowest BCUT2D eigenvalue weighted by Crippen LogP contribution is -1.83. The second-order valence-corrected chi connectivity index (χ2v) is 2.51. The first kappa shape index (κ1) is 10.2. The number of nitrogens with one attached hydrogen (secondary N) is 1. The number of aromatic nitrogens is 3. The number of aromatic amines is 1. The molecule has 0 unspecified atom stereocenters. The van der Waals surface area contributed by atoms with E-state index >= 15 is 0 Å². The lowest BCUT2D eigenvalue weighted by Gasteiger charge is -1.90. The van der Waals surface area contributed by atoms with Crippen LogP contribution < -0.4 is 0 Å². The maximum atomic E-state index is 8.72. The van der Waals surface area contributed by atoms with Crippen molar-refractivity contribution in [2.45, 2.75) is 20.8 Å². The van der Waals surface area contributed by atoms with Crippen LogP contribution in [-0.2, 0) is 0 Å². The van der Waals surface area contributed by atoms with E-state index < -0.39 is 0 Å². The summed E-state index contributed by atoms with van der Waals surface area (Å²) in [6.45, 7) is 5.87. The maximum absolute atomic E-state index is 8.72. The summed E-state index contributed by atoms with van der Waals surface area (Å²) in [6.07, 6.45) is 1.58. The van der Waals surface area contributed by atoms with Gasteiger partial charge in [0, 0.05) is 11.9 Å². The van der Waals surface area contributed by atoms with Crippen molar-refractivity contribution >= 4 is 10.9 Å². The van der Waals surface area contributed by atoms with Crippen molar-refractivity contribution < 1.29 is 0 Å². The Morgan fingerprint density at radius 2 is 2.14 bits per heavy atom. The van der Waals surface area contributed by atoms with Gasteiger partial charge in [-0.2, -0.15) is 10.4 Å². The van der Waals surface area contributed by atoms with Gasteiger partial charge in [0.2, 0.25) is 0 Å². The van der Waals surface area contributed by atoms with Gasteiger partial charge in [-0.3, -0.25) is 5.10 Å². The highest BCUT2D eigenvalue weighted by Crippen LogP contribution is 2.16. The summed E-state index contributed by atoms with van der Waals surface area (Å²) in [5.74, 6) is 0. The number of aryl methyl sites for hydroxylation is 1. The summed E-state index contributed by atoms with van der Waals surface area (Å²) in [7, 11) is 0. The fourth-order valence-electron chi connectivity index (χ4n) is 1.20. The Labute approximate surface area is 82.6 Å². The van der Waals surface area contributed by atoms with Crippen molar-refractivity contribution in [3.8, 4) is 6.07 Å². The highest BCUT2D eigenvalue weighted by molar-refractivity contribution is 5.85. The van der Waals surface area contributed by atoms with E-state index in [2.05, 4.69) is 15.2 Å². The van der Waals surface area contributed by atoms with Crippen molar-refractivity contribution in [3.63, 3.8) is 0 Å². The smallest absolute Gasteiger partial charge is 0.151 e. The number of nitrogens with zero attached hydrogens (tertiary/aromatic N) is 3. The minimum Gasteiger partial charge on any atom is -0.282 e. The van der Waals surface area contributed by atoms with Crippen molar-refractivity contribution in [2.75, 3.05) is 0 Å². The third-order valence-corrected chi connectivity index (χ3v) is 1.75. The van der Waals surface area contributed by atoms with E-state index in [0.29, 0.717) is 5.69 Å². The van der Waals surface area contributed by atoms with Gasteiger partial charge in [-0.1, -0.05) is 13.8 Å². The van der Waals surface area contributed by atoms with Gasteiger partial charge in [0.1, 0.15) is 6.07 Å². The zero-order valence-electron chi connectivity index (χ0n) is 8.50. The van der Waals surface area contributed by atoms with Gasteiger partial charge in [-0.15, -0.1) is 0 Å². The minimum atomic E-state index is 0.429. The summed E-state index contributed by atoms with van der Waals surface area (Å²) in [4.78, 5) is 3.94. The first-order chi connectivity index (χ1) is 6.83. The normalized spacial score (nSPS) is 9.00.